The van der Waals surface area contributed by atoms with Gasteiger partial charge in [0.2, 0.25) is 0 Å². The average molecular weight is 204 g/mol. The van der Waals surface area contributed by atoms with E-state index in [9.17, 15) is 0 Å². The largest absolute Gasteiger partial charge is 0.392 e. The van der Waals surface area contributed by atoms with Crippen LogP contribution >= 0.6 is 0 Å². The number of rotatable bonds is 2. The third-order valence-corrected chi connectivity index (χ3v) is 2.76. The maximum absolute atomic E-state index is 7.61. The summed E-state index contributed by atoms with van der Waals surface area (Å²) >= 11 is 0. The third-order valence-electron chi connectivity index (χ3n) is 2.76. The molecule has 1 fully saturated rings. The number of nitrogens with zero attached hydrogens (tertiary/aromatic N) is 1. The van der Waals surface area contributed by atoms with Crippen molar-refractivity contribution in [2.45, 2.75) is 38.2 Å². The molecule has 0 aromatic heterocycles. The molecule has 0 aromatic carbocycles. The lowest BCUT2D eigenvalue weighted by atomic mass is 9.98. The summed E-state index contributed by atoms with van der Waals surface area (Å²) < 4.78 is 0. The molecule has 0 aromatic rings. The highest BCUT2D eigenvalue weighted by Crippen LogP contribution is 2.20. The van der Waals surface area contributed by atoms with Crippen LogP contribution in [0.1, 0.15) is 32.1 Å². The van der Waals surface area contributed by atoms with E-state index in [1.807, 2.05) is 18.2 Å². The molecule has 1 N–H and O–H groups in total. The Balaban J connectivity index is 1.89. The second-order valence-electron chi connectivity index (χ2n) is 3.97. The number of hydrogen-bond donors (Lipinski definition) is 1. The smallest absolute Gasteiger partial charge is 0.127 e. The molecule has 80 valence electrons. The van der Waals surface area contributed by atoms with Crippen LogP contribution < -0.4 is 0 Å². The predicted molar refractivity (Wildman–Crippen MR) is 61.4 cm³/mol. The van der Waals surface area contributed by atoms with E-state index in [1.165, 1.54) is 19.3 Å². The first kappa shape index (κ1) is 10.1. The molecule has 3 nitrogen and oxygen atoms in total. The Kier molecular flexibility index (Phi) is 3.33. The minimum Gasteiger partial charge on any atom is -0.392 e. The molecule has 0 atom stereocenters. The van der Waals surface area contributed by atoms with Crippen molar-refractivity contribution in [3.63, 3.8) is 0 Å². The van der Waals surface area contributed by atoms with Gasteiger partial charge in [0, 0.05) is 0 Å². The molecule has 1 saturated carbocycles. The first-order valence-corrected chi connectivity index (χ1v) is 5.54. The van der Waals surface area contributed by atoms with Crippen molar-refractivity contribution in [2.75, 3.05) is 0 Å². The third kappa shape index (κ3) is 2.78. The van der Waals surface area contributed by atoms with E-state index in [0.29, 0.717) is 11.4 Å². The fourth-order valence-corrected chi connectivity index (χ4v) is 1.86. The van der Waals surface area contributed by atoms with Crippen molar-refractivity contribution in [3.8, 4) is 0 Å². The second kappa shape index (κ2) is 4.91. The van der Waals surface area contributed by atoms with E-state index in [4.69, 9.17) is 10.2 Å². The SMILES string of the molecule is N=C1C=CC=C/C1=N\OC1CCCCC1. The van der Waals surface area contributed by atoms with Gasteiger partial charge in [0.15, 0.2) is 0 Å². The normalized spacial score (nSPS) is 24.8. The fraction of sp³-hybridized carbons (Fsp3) is 0.500. The van der Waals surface area contributed by atoms with Crippen LogP contribution in [-0.4, -0.2) is 17.5 Å². The molecule has 0 amide bonds. The van der Waals surface area contributed by atoms with Crippen molar-refractivity contribution in [1.82, 2.24) is 0 Å². The molecule has 0 bridgehead atoms. The lowest BCUT2D eigenvalue weighted by molar-refractivity contribution is 0.0335. The van der Waals surface area contributed by atoms with E-state index >= 15 is 0 Å². The van der Waals surface area contributed by atoms with Gasteiger partial charge in [-0.1, -0.05) is 23.7 Å². The van der Waals surface area contributed by atoms with Crippen LogP contribution in [0.25, 0.3) is 0 Å². The summed E-state index contributed by atoms with van der Waals surface area (Å²) in [6.07, 6.45) is 13.5. The summed E-state index contributed by atoms with van der Waals surface area (Å²) in [5, 5.41) is 11.7. The van der Waals surface area contributed by atoms with Crippen molar-refractivity contribution >= 4 is 11.4 Å². The van der Waals surface area contributed by atoms with E-state index < -0.39 is 0 Å². The predicted octanol–water partition coefficient (Wildman–Crippen LogP) is 2.84. The van der Waals surface area contributed by atoms with E-state index in [0.717, 1.165) is 12.8 Å². The van der Waals surface area contributed by atoms with Crippen molar-refractivity contribution < 1.29 is 4.84 Å². The summed E-state index contributed by atoms with van der Waals surface area (Å²) in [4.78, 5) is 5.45. The van der Waals surface area contributed by atoms with Gasteiger partial charge in [0.1, 0.15) is 11.8 Å². The first-order valence-electron chi connectivity index (χ1n) is 5.54. The van der Waals surface area contributed by atoms with Crippen LogP contribution in [-0.2, 0) is 4.84 Å². The molecule has 0 radical (unpaired) electrons. The molecule has 0 heterocycles. The number of nitrogens with one attached hydrogen (secondary N) is 1. The summed E-state index contributed by atoms with van der Waals surface area (Å²) in [6, 6.07) is 0. The van der Waals surface area contributed by atoms with Gasteiger partial charge in [-0.25, -0.2) is 0 Å². The highest BCUT2D eigenvalue weighted by atomic mass is 16.6. The van der Waals surface area contributed by atoms with Gasteiger partial charge in [0.05, 0.1) is 5.71 Å². The number of hydrogen-bond acceptors (Lipinski definition) is 3. The zero-order valence-electron chi connectivity index (χ0n) is 8.78. The summed E-state index contributed by atoms with van der Waals surface area (Å²) in [5.74, 6) is 0. The lowest BCUT2D eigenvalue weighted by Gasteiger charge is -2.19. The zero-order chi connectivity index (χ0) is 10.5. The standard InChI is InChI=1S/C12H16N2O/c13-11-8-4-5-9-12(11)14-15-10-6-2-1-3-7-10/h4-5,8-10,13H,1-3,6-7H2/b13-11?,14-12+. The molecule has 2 aliphatic rings. The quantitative estimate of drug-likeness (QED) is 0.545. The minimum atomic E-state index is 0.262. The lowest BCUT2D eigenvalue weighted by Crippen LogP contribution is -2.17. The summed E-state index contributed by atoms with van der Waals surface area (Å²) in [7, 11) is 0. The van der Waals surface area contributed by atoms with Gasteiger partial charge in [-0.2, -0.15) is 0 Å². The Morgan fingerprint density at radius 1 is 1.13 bits per heavy atom. The molecule has 15 heavy (non-hydrogen) atoms. The van der Waals surface area contributed by atoms with E-state index in [-0.39, 0.29) is 6.10 Å². The second-order valence-corrected chi connectivity index (χ2v) is 3.97. The molecule has 2 rings (SSSR count). The van der Waals surface area contributed by atoms with Gasteiger partial charge in [-0.15, -0.1) is 0 Å². The Morgan fingerprint density at radius 2 is 1.87 bits per heavy atom. The minimum absolute atomic E-state index is 0.262. The Hall–Kier alpha value is -1.38. The van der Waals surface area contributed by atoms with Crippen LogP contribution in [0.4, 0.5) is 0 Å². The van der Waals surface area contributed by atoms with Crippen molar-refractivity contribution in [1.29, 1.82) is 5.41 Å². The molecular weight excluding hydrogens is 188 g/mol. The van der Waals surface area contributed by atoms with Gasteiger partial charge in [-0.05, 0) is 37.8 Å². The van der Waals surface area contributed by atoms with E-state index in [2.05, 4.69) is 5.16 Å². The topological polar surface area (TPSA) is 45.4 Å². The van der Waals surface area contributed by atoms with Crippen LogP contribution in [0.15, 0.2) is 29.5 Å². The van der Waals surface area contributed by atoms with Crippen LogP contribution in [0.2, 0.25) is 0 Å². The zero-order valence-corrected chi connectivity index (χ0v) is 8.78. The Morgan fingerprint density at radius 3 is 2.60 bits per heavy atom. The highest BCUT2D eigenvalue weighted by Gasteiger charge is 2.14. The van der Waals surface area contributed by atoms with Gasteiger partial charge in [-0.3, -0.25) is 5.41 Å². The number of allylic oxidation sites excluding steroid dienone is 4. The molecule has 0 spiro atoms. The van der Waals surface area contributed by atoms with Crippen molar-refractivity contribution in [2.24, 2.45) is 5.16 Å². The van der Waals surface area contributed by atoms with Crippen LogP contribution in [0.3, 0.4) is 0 Å². The average Bonchev–Trinajstić information content (AvgIpc) is 2.29. The fourth-order valence-electron chi connectivity index (χ4n) is 1.86. The molecule has 0 saturated heterocycles. The maximum Gasteiger partial charge on any atom is 0.127 e. The van der Waals surface area contributed by atoms with Gasteiger partial charge < -0.3 is 4.84 Å². The molecular formula is C12H16N2O. The number of oxime groups is 1. The summed E-state index contributed by atoms with van der Waals surface area (Å²) in [6.45, 7) is 0. The monoisotopic (exact) mass is 204 g/mol. The summed E-state index contributed by atoms with van der Waals surface area (Å²) in [5.41, 5.74) is 1.05. The van der Waals surface area contributed by atoms with Crippen LogP contribution in [0, 0.1) is 5.41 Å². The highest BCUT2D eigenvalue weighted by molar-refractivity contribution is 6.49. The Bertz CT molecular complexity index is 323. The van der Waals surface area contributed by atoms with Crippen LogP contribution in [0.5, 0.6) is 0 Å². The Labute approximate surface area is 90.0 Å². The van der Waals surface area contributed by atoms with E-state index in [1.54, 1.807) is 6.08 Å². The molecule has 0 unspecified atom stereocenters. The first-order chi connectivity index (χ1) is 7.36. The molecule has 0 aliphatic heterocycles. The van der Waals surface area contributed by atoms with Gasteiger partial charge in [0.25, 0.3) is 0 Å². The van der Waals surface area contributed by atoms with Gasteiger partial charge >= 0.3 is 0 Å². The maximum atomic E-state index is 7.61. The molecule has 2 aliphatic carbocycles. The molecule has 3 heteroatoms. The van der Waals surface area contributed by atoms with Crippen molar-refractivity contribution in [3.05, 3.63) is 24.3 Å².